The van der Waals surface area contributed by atoms with Gasteiger partial charge >= 0.3 is 0 Å². The monoisotopic (exact) mass is 326 g/mol. The minimum absolute atomic E-state index is 0. The predicted molar refractivity (Wildman–Crippen MR) is 88.3 cm³/mol. The van der Waals surface area contributed by atoms with Gasteiger partial charge in [-0.25, -0.2) is 0 Å². The maximum absolute atomic E-state index is 12.7. The summed E-state index contributed by atoms with van der Waals surface area (Å²) in [6.45, 7) is 1.81. The summed E-state index contributed by atoms with van der Waals surface area (Å²) in [6.07, 6.45) is 7.24. The van der Waals surface area contributed by atoms with Crippen molar-refractivity contribution >= 4 is 29.7 Å². The zero-order valence-electron chi connectivity index (χ0n) is 12.2. The van der Waals surface area contributed by atoms with Gasteiger partial charge in [0.05, 0.1) is 4.88 Å². The number of carbonyl (C=O) groups is 1. The molecule has 0 radical (unpaired) electrons. The van der Waals surface area contributed by atoms with E-state index in [9.17, 15) is 4.79 Å². The van der Waals surface area contributed by atoms with Crippen LogP contribution in [0.2, 0.25) is 0 Å². The Hall–Kier alpha value is -0.580. The third-order valence-electron chi connectivity index (χ3n) is 5.41. The largest absolute Gasteiger partial charge is 0.337 e. The lowest BCUT2D eigenvalue weighted by Gasteiger charge is -2.17. The van der Waals surface area contributed by atoms with E-state index in [1.54, 1.807) is 11.3 Å². The van der Waals surface area contributed by atoms with Crippen LogP contribution < -0.4 is 5.73 Å². The zero-order chi connectivity index (χ0) is 13.7. The van der Waals surface area contributed by atoms with Crippen LogP contribution in [0.5, 0.6) is 0 Å². The molecule has 1 aromatic rings. The van der Waals surface area contributed by atoms with Crippen LogP contribution in [-0.4, -0.2) is 29.9 Å². The molecule has 1 saturated carbocycles. The average molecular weight is 327 g/mol. The molecule has 21 heavy (non-hydrogen) atoms. The van der Waals surface area contributed by atoms with E-state index in [-0.39, 0.29) is 18.3 Å². The number of fused-ring (bicyclic) bond motifs is 2. The Morgan fingerprint density at radius 3 is 2.81 bits per heavy atom. The van der Waals surface area contributed by atoms with Crippen molar-refractivity contribution in [1.82, 2.24) is 4.90 Å². The van der Waals surface area contributed by atoms with Crippen LogP contribution in [-0.2, 0) is 12.8 Å². The van der Waals surface area contributed by atoms with Gasteiger partial charge in [0.15, 0.2) is 0 Å². The van der Waals surface area contributed by atoms with E-state index in [0.29, 0.717) is 17.9 Å². The van der Waals surface area contributed by atoms with Gasteiger partial charge in [-0.2, -0.15) is 0 Å². The molecule has 0 bridgehead atoms. The molecule has 116 valence electrons. The molecule has 1 saturated heterocycles. The van der Waals surface area contributed by atoms with Gasteiger partial charge in [0.1, 0.15) is 0 Å². The van der Waals surface area contributed by atoms with Crippen LogP contribution in [0.3, 0.4) is 0 Å². The molecule has 0 aromatic carbocycles. The highest BCUT2D eigenvalue weighted by atomic mass is 35.5. The van der Waals surface area contributed by atoms with Gasteiger partial charge in [-0.15, -0.1) is 23.7 Å². The Bertz CT molecular complexity index is 521. The van der Waals surface area contributed by atoms with Crippen molar-refractivity contribution in [3.05, 3.63) is 21.4 Å². The summed E-state index contributed by atoms with van der Waals surface area (Å²) >= 11 is 1.74. The molecular formula is C16H23ClN2OS. The molecule has 3 nitrogen and oxygen atoms in total. The summed E-state index contributed by atoms with van der Waals surface area (Å²) in [7, 11) is 0. The fraction of sp³-hybridized carbons (Fsp3) is 0.688. The Morgan fingerprint density at radius 1 is 1.24 bits per heavy atom. The summed E-state index contributed by atoms with van der Waals surface area (Å²) in [5.74, 6) is 1.46. The molecule has 2 aliphatic carbocycles. The highest BCUT2D eigenvalue weighted by Crippen LogP contribution is 2.38. The topological polar surface area (TPSA) is 46.3 Å². The first-order chi connectivity index (χ1) is 9.72. The summed E-state index contributed by atoms with van der Waals surface area (Å²) in [6, 6.07) is 2.48. The number of aryl methyl sites for hydroxylation is 2. The van der Waals surface area contributed by atoms with Gasteiger partial charge in [-0.3, -0.25) is 4.79 Å². The van der Waals surface area contributed by atoms with Crippen LogP contribution in [0, 0.1) is 11.8 Å². The molecule has 1 aliphatic heterocycles. The highest BCUT2D eigenvalue weighted by molar-refractivity contribution is 7.14. The Balaban J connectivity index is 0.00000132. The normalized spacial score (nSPS) is 30.7. The number of nitrogens with two attached hydrogens (primary N) is 1. The van der Waals surface area contributed by atoms with Crippen molar-refractivity contribution in [1.29, 1.82) is 0 Å². The van der Waals surface area contributed by atoms with E-state index in [1.165, 1.54) is 36.1 Å². The maximum Gasteiger partial charge on any atom is 0.263 e. The average Bonchev–Trinajstić information content (AvgIpc) is 3.13. The number of hydrogen-bond acceptors (Lipinski definition) is 3. The summed E-state index contributed by atoms with van der Waals surface area (Å²) in [5, 5.41) is 0. The van der Waals surface area contributed by atoms with Crippen molar-refractivity contribution in [2.24, 2.45) is 17.6 Å². The lowest BCUT2D eigenvalue weighted by Crippen LogP contribution is -2.33. The predicted octanol–water partition coefficient (Wildman–Crippen LogP) is 2.86. The Morgan fingerprint density at radius 2 is 2.05 bits per heavy atom. The van der Waals surface area contributed by atoms with E-state index >= 15 is 0 Å². The zero-order valence-corrected chi connectivity index (χ0v) is 13.8. The third-order valence-corrected chi connectivity index (χ3v) is 6.63. The minimum Gasteiger partial charge on any atom is -0.337 e. The molecular weight excluding hydrogens is 304 g/mol. The molecule has 1 aromatic heterocycles. The maximum atomic E-state index is 12.7. The number of nitrogens with zero attached hydrogens (tertiary/aromatic N) is 1. The minimum atomic E-state index is 0. The fourth-order valence-electron chi connectivity index (χ4n) is 4.23. The number of halogens is 1. The summed E-state index contributed by atoms with van der Waals surface area (Å²) < 4.78 is 0. The number of carbonyl (C=O) groups excluding carboxylic acids is 1. The van der Waals surface area contributed by atoms with Gasteiger partial charge < -0.3 is 10.6 Å². The standard InChI is InChI=1S/C16H22N2OS.ClH/c17-13-6-5-11-8-18(9-12(11)13)16(19)15-7-10-3-1-2-4-14(10)20-15;/h7,11-13H,1-6,8-9,17H2;1H. The molecule has 0 spiro atoms. The molecule has 3 unspecified atom stereocenters. The second-order valence-corrected chi connectivity index (χ2v) is 7.78. The molecule has 1 amide bonds. The molecule has 2 heterocycles. The lowest BCUT2D eigenvalue weighted by atomic mass is 9.98. The van der Waals surface area contributed by atoms with Crippen molar-refractivity contribution in [2.45, 2.75) is 44.6 Å². The van der Waals surface area contributed by atoms with E-state index in [4.69, 9.17) is 5.73 Å². The van der Waals surface area contributed by atoms with E-state index < -0.39 is 0 Å². The quantitative estimate of drug-likeness (QED) is 0.862. The van der Waals surface area contributed by atoms with Crippen molar-refractivity contribution in [3.63, 3.8) is 0 Å². The number of thiophene rings is 1. The van der Waals surface area contributed by atoms with Crippen molar-refractivity contribution < 1.29 is 4.79 Å². The third kappa shape index (κ3) is 2.62. The number of rotatable bonds is 1. The molecule has 5 heteroatoms. The number of amides is 1. The van der Waals surface area contributed by atoms with Crippen LogP contribution >= 0.6 is 23.7 Å². The first kappa shape index (κ1) is 15.3. The van der Waals surface area contributed by atoms with Gasteiger partial charge in [0.25, 0.3) is 5.91 Å². The first-order valence-corrected chi connectivity index (χ1v) is 8.70. The summed E-state index contributed by atoms with van der Waals surface area (Å²) in [5.41, 5.74) is 7.60. The lowest BCUT2D eigenvalue weighted by molar-refractivity contribution is 0.0784. The van der Waals surface area contributed by atoms with Gasteiger partial charge in [0, 0.05) is 24.0 Å². The molecule has 3 atom stereocenters. The SMILES string of the molecule is Cl.NC1CCC2CN(C(=O)c3cc4c(s3)CCCC4)CC12. The molecule has 2 fully saturated rings. The van der Waals surface area contributed by atoms with Crippen LogP contribution in [0.4, 0.5) is 0 Å². The van der Waals surface area contributed by atoms with Gasteiger partial charge in [-0.1, -0.05) is 0 Å². The second kappa shape index (κ2) is 5.90. The smallest absolute Gasteiger partial charge is 0.263 e. The van der Waals surface area contributed by atoms with E-state index in [1.807, 2.05) is 0 Å². The Labute approximate surface area is 136 Å². The van der Waals surface area contributed by atoms with Gasteiger partial charge in [0.2, 0.25) is 0 Å². The second-order valence-electron chi connectivity index (χ2n) is 6.64. The number of likely N-dealkylation sites (tertiary alicyclic amines) is 1. The van der Waals surface area contributed by atoms with Crippen LogP contribution in [0.15, 0.2) is 6.07 Å². The highest BCUT2D eigenvalue weighted by Gasteiger charge is 2.42. The van der Waals surface area contributed by atoms with Crippen molar-refractivity contribution in [2.75, 3.05) is 13.1 Å². The summed E-state index contributed by atoms with van der Waals surface area (Å²) in [4.78, 5) is 17.2. The van der Waals surface area contributed by atoms with Crippen LogP contribution in [0.25, 0.3) is 0 Å². The Kier molecular flexibility index (Phi) is 4.30. The first-order valence-electron chi connectivity index (χ1n) is 7.89. The van der Waals surface area contributed by atoms with Crippen LogP contribution in [0.1, 0.15) is 45.8 Å². The van der Waals surface area contributed by atoms with Crippen molar-refractivity contribution in [3.8, 4) is 0 Å². The number of hydrogen-bond donors (Lipinski definition) is 1. The fourth-order valence-corrected chi connectivity index (χ4v) is 5.45. The van der Waals surface area contributed by atoms with E-state index in [0.717, 1.165) is 30.8 Å². The van der Waals surface area contributed by atoms with Gasteiger partial charge in [-0.05, 0) is 62.0 Å². The molecule has 3 aliphatic rings. The molecule has 4 rings (SSSR count). The van der Waals surface area contributed by atoms with E-state index in [2.05, 4.69) is 11.0 Å². The molecule has 2 N–H and O–H groups in total.